The summed E-state index contributed by atoms with van der Waals surface area (Å²) in [6.45, 7) is 4.63. The van der Waals surface area contributed by atoms with Crippen LogP contribution >= 0.6 is 0 Å². The monoisotopic (exact) mass is 294 g/mol. The maximum Gasteiger partial charge on any atom is 0.315 e. The fourth-order valence-corrected chi connectivity index (χ4v) is 2.11. The molecule has 21 heavy (non-hydrogen) atoms. The minimum Gasteiger partial charge on any atom is -0.496 e. The first kappa shape index (κ1) is 17.3. The number of aliphatic hydroxyl groups is 1. The average Bonchev–Trinajstić information content (AvgIpc) is 2.48. The summed E-state index contributed by atoms with van der Waals surface area (Å²) >= 11 is 0. The number of carbonyl (C=O) groups is 1. The molecule has 1 aromatic carbocycles. The largest absolute Gasteiger partial charge is 0.496 e. The van der Waals surface area contributed by atoms with Gasteiger partial charge in [0.1, 0.15) is 5.75 Å². The van der Waals surface area contributed by atoms with E-state index < -0.39 is 0 Å². The maximum absolute atomic E-state index is 11.7. The fraction of sp³-hybridized carbons (Fsp3) is 0.562. The van der Waals surface area contributed by atoms with Gasteiger partial charge in [0.15, 0.2) is 0 Å². The molecule has 0 saturated carbocycles. The van der Waals surface area contributed by atoms with Crippen molar-refractivity contribution in [2.45, 2.75) is 39.2 Å². The molecule has 1 atom stereocenters. The lowest BCUT2D eigenvalue weighted by molar-refractivity contribution is 0.228. The Hall–Kier alpha value is -1.75. The van der Waals surface area contributed by atoms with E-state index in [0.717, 1.165) is 29.7 Å². The molecule has 0 spiro atoms. The number of urea groups is 1. The second kappa shape index (κ2) is 9.23. The van der Waals surface area contributed by atoms with Crippen LogP contribution in [0.15, 0.2) is 18.2 Å². The average molecular weight is 294 g/mol. The van der Waals surface area contributed by atoms with Gasteiger partial charge in [-0.15, -0.1) is 0 Å². The van der Waals surface area contributed by atoms with E-state index in [1.807, 2.05) is 32.0 Å². The molecule has 2 amide bonds. The summed E-state index contributed by atoms with van der Waals surface area (Å²) in [5.41, 5.74) is 2.22. The van der Waals surface area contributed by atoms with Gasteiger partial charge < -0.3 is 20.5 Å². The third kappa shape index (κ3) is 6.04. The quantitative estimate of drug-likeness (QED) is 0.687. The number of hydrogen-bond donors (Lipinski definition) is 3. The summed E-state index contributed by atoms with van der Waals surface area (Å²) < 4.78 is 5.28. The Labute approximate surface area is 126 Å². The number of amides is 2. The van der Waals surface area contributed by atoms with Gasteiger partial charge >= 0.3 is 6.03 Å². The van der Waals surface area contributed by atoms with Crippen molar-refractivity contribution in [2.75, 3.05) is 20.3 Å². The number of methoxy groups -OCH3 is 1. The molecule has 1 aromatic rings. The molecule has 0 bridgehead atoms. The molecule has 1 rings (SSSR count). The van der Waals surface area contributed by atoms with Crippen LogP contribution in [-0.4, -0.2) is 37.4 Å². The van der Waals surface area contributed by atoms with Crippen LogP contribution in [0.4, 0.5) is 4.79 Å². The van der Waals surface area contributed by atoms with E-state index in [-0.39, 0.29) is 18.7 Å². The Morgan fingerprint density at radius 2 is 2.19 bits per heavy atom. The first-order valence-electron chi connectivity index (χ1n) is 7.39. The normalized spacial score (nSPS) is 11.8. The van der Waals surface area contributed by atoms with Crippen LogP contribution < -0.4 is 15.4 Å². The van der Waals surface area contributed by atoms with Crippen molar-refractivity contribution >= 4 is 6.03 Å². The highest BCUT2D eigenvalue weighted by atomic mass is 16.5. The number of rotatable bonds is 8. The second-order valence-corrected chi connectivity index (χ2v) is 5.07. The van der Waals surface area contributed by atoms with Crippen LogP contribution in [0.3, 0.4) is 0 Å². The molecule has 0 aliphatic carbocycles. The molecule has 5 nitrogen and oxygen atoms in total. The van der Waals surface area contributed by atoms with Crippen molar-refractivity contribution in [1.29, 1.82) is 0 Å². The maximum atomic E-state index is 11.7. The molecule has 0 heterocycles. The minimum atomic E-state index is -0.186. The molecule has 3 N–H and O–H groups in total. The number of ether oxygens (including phenoxy) is 1. The minimum absolute atomic E-state index is 0.0227. The van der Waals surface area contributed by atoms with E-state index in [4.69, 9.17) is 9.84 Å². The Morgan fingerprint density at radius 1 is 1.43 bits per heavy atom. The number of benzene rings is 1. The van der Waals surface area contributed by atoms with Crippen molar-refractivity contribution < 1.29 is 14.6 Å². The Balaban J connectivity index is 2.37. The molecular weight excluding hydrogens is 268 g/mol. The lowest BCUT2D eigenvalue weighted by Crippen LogP contribution is -2.42. The Bertz CT molecular complexity index is 449. The number of hydrogen-bond acceptors (Lipinski definition) is 3. The van der Waals surface area contributed by atoms with Crippen molar-refractivity contribution in [1.82, 2.24) is 10.6 Å². The molecule has 5 heteroatoms. The molecule has 118 valence electrons. The van der Waals surface area contributed by atoms with Crippen molar-refractivity contribution in [2.24, 2.45) is 0 Å². The van der Waals surface area contributed by atoms with Gasteiger partial charge in [-0.1, -0.05) is 19.1 Å². The molecule has 1 unspecified atom stereocenters. The van der Waals surface area contributed by atoms with Gasteiger partial charge in [-0.25, -0.2) is 4.79 Å². The number of carbonyl (C=O) groups excluding carboxylic acids is 1. The van der Waals surface area contributed by atoms with Crippen LogP contribution in [-0.2, 0) is 6.42 Å². The Morgan fingerprint density at radius 3 is 2.81 bits per heavy atom. The molecule has 0 aromatic heterocycles. The fourth-order valence-electron chi connectivity index (χ4n) is 2.11. The van der Waals surface area contributed by atoms with Crippen LogP contribution in [0, 0.1) is 6.92 Å². The van der Waals surface area contributed by atoms with Gasteiger partial charge in [-0.05, 0) is 43.4 Å². The third-order valence-electron chi connectivity index (χ3n) is 3.48. The van der Waals surface area contributed by atoms with Crippen molar-refractivity contribution in [3.05, 3.63) is 29.3 Å². The zero-order valence-electron chi connectivity index (χ0n) is 13.1. The van der Waals surface area contributed by atoms with Crippen LogP contribution in [0.5, 0.6) is 5.75 Å². The molecule has 0 radical (unpaired) electrons. The lowest BCUT2D eigenvalue weighted by atomic mass is 10.1. The summed E-state index contributed by atoms with van der Waals surface area (Å²) in [4.78, 5) is 11.7. The Kier molecular flexibility index (Phi) is 7.61. The highest BCUT2D eigenvalue weighted by molar-refractivity contribution is 5.74. The van der Waals surface area contributed by atoms with Gasteiger partial charge in [0, 0.05) is 19.2 Å². The topological polar surface area (TPSA) is 70.6 Å². The predicted octanol–water partition coefficient (Wildman–Crippen LogP) is 2.01. The first-order valence-corrected chi connectivity index (χ1v) is 7.39. The lowest BCUT2D eigenvalue weighted by Gasteiger charge is -2.16. The van der Waals surface area contributed by atoms with Crippen molar-refractivity contribution in [3.63, 3.8) is 0 Å². The summed E-state index contributed by atoms with van der Waals surface area (Å²) in [5, 5.41) is 14.6. The molecule has 0 saturated heterocycles. The van der Waals surface area contributed by atoms with Gasteiger partial charge in [-0.3, -0.25) is 0 Å². The van der Waals surface area contributed by atoms with Gasteiger partial charge in [-0.2, -0.15) is 0 Å². The SMILES string of the molecule is CCC(CCO)NC(=O)NCCc1ccc(C)c(OC)c1. The van der Waals surface area contributed by atoms with E-state index in [9.17, 15) is 4.79 Å². The molecule has 0 fully saturated rings. The molecule has 0 aliphatic heterocycles. The summed E-state index contributed by atoms with van der Waals surface area (Å²) in [7, 11) is 1.66. The molecular formula is C16H26N2O3. The van der Waals surface area contributed by atoms with Gasteiger partial charge in [0.25, 0.3) is 0 Å². The van der Waals surface area contributed by atoms with E-state index in [1.54, 1.807) is 7.11 Å². The van der Waals surface area contributed by atoms with E-state index >= 15 is 0 Å². The number of nitrogens with one attached hydrogen (secondary N) is 2. The molecule has 0 aliphatic rings. The number of aliphatic hydroxyl groups excluding tert-OH is 1. The standard InChI is InChI=1S/C16H26N2O3/c1-4-14(8-10-19)18-16(20)17-9-7-13-6-5-12(2)15(11-13)21-3/h5-6,11,14,19H,4,7-10H2,1-3H3,(H2,17,18,20). The van der Waals surface area contributed by atoms with E-state index in [0.29, 0.717) is 13.0 Å². The van der Waals surface area contributed by atoms with Crippen LogP contribution in [0.1, 0.15) is 30.9 Å². The van der Waals surface area contributed by atoms with Gasteiger partial charge in [0.2, 0.25) is 0 Å². The summed E-state index contributed by atoms with van der Waals surface area (Å²) in [6.07, 6.45) is 2.14. The zero-order valence-corrected chi connectivity index (χ0v) is 13.1. The summed E-state index contributed by atoms with van der Waals surface area (Å²) in [5.74, 6) is 0.867. The van der Waals surface area contributed by atoms with Crippen LogP contribution in [0.2, 0.25) is 0 Å². The van der Waals surface area contributed by atoms with E-state index in [2.05, 4.69) is 10.6 Å². The van der Waals surface area contributed by atoms with Crippen molar-refractivity contribution in [3.8, 4) is 5.75 Å². The predicted molar refractivity (Wildman–Crippen MR) is 83.8 cm³/mol. The zero-order chi connectivity index (χ0) is 15.7. The summed E-state index contributed by atoms with van der Waals surface area (Å²) in [6, 6.07) is 5.89. The second-order valence-electron chi connectivity index (χ2n) is 5.07. The van der Waals surface area contributed by atoms with Crippen LogP contribution in [0.25, 0.3) is 0 Å². The first-order chi connectivity index (χ1) is 10.1. The third-order valence-corrected chi connectivity index (χ3v) is 3.48. The highest BCUT2D eigenvalue weighted by Gasteiger charge is 2.09. The number of aryl methyl sites for hydroxylation is 1. The highest BCUT2D eigenvalue weighted by Crippen LogP contribution is 2.18. The van der Waals surface area contributed by atoms with E-state index in [1.165, 1.54) is 0 Å². The van der Waals surface area contributed by atoms with Gasteiger partial charge in [0.05, 0.1) is 7.11 Å². The smallest absolute Gasteiger partial charge is 0.315 e.